The molecule has 2 rings (SSSR count). The summed E-state index contributed by atoms with van der Waals surface area (Å²) >= 11 is 3.40. The first-order valence-electron chi connectivity index (χ1n) is 5.92. The van der Waals surface area contributed by atoms with Crippen LogP contribution in [0.5, 0.6) is 0 Å². The van der Waals surface area contributed by atoms with Gasteiger partial charge in [-0.25, -0.2) is 4.68 Å². The predicted molar refractivity (Wildman–Crippen MR) is 73.9 cm³/mol. The molecule has 0 radical (unpaired) electrons. The molecule has 0 amide bonds. The second-order valence-electron chi connectivity index (χ2n) is 4.11. The van der Waals surface area contributed by atoms with Crippen molar-refractivity contribution in [3.8, 4) is 11.3 Å². The van der Waals surface area contributed by atoms with Gasteiger partial charge in [0.2, 0.25) is 0 Å². The third kappa shape index (κ3) is 2.94. The van der Waals surface area contributed by atoms with Gasteiger partial charge in [0.25, 0.3) is 0 Å². The molecule has 0 aliphatic rings. The predicted octanol–water partition coefficient (Wildman–Crippen LogP) is 2.14. The molecule has 0 aliphatic carbocycles. The summed E-state index contributed by atoms with van der Waals surface area (Å²) in [6.07, 6.45) is 4.83. The van der Waals surface area contributed by atoms with Crippen LogP contribution in [0, 0.1) is 0 Å². The Balaban J connectivity index is 2.22. The monoisotopic (exact) mass is 309 g/mol. The van der Waals surface area contributed by atoms with Crippen molar-refractivity contribution in [3.63, 3.8) is 0 Å². The number of aromatic nitrogens is 4. The quantitative estimate of drug-likeness (QED) is 0.860. The summed E-state index contributed by atoms with van der Waals surface area (Å²) in [5.74, 6) is 0. The van der Waals surface area contributed by atoms with E-state index in [1.54, 1.807) is 4.68 Å². The van der Waals surface area contributed by atoms with Crippen molar-refractivity contribution in [1.82, 2.24) is 25.3 Å². The average molecular weight is 310 g/mol. The standard InChI is InChI=1S/C12H16BrN5/c1-3-4-14-6-9-5-10(8-15-7-9)11-12(13)16-17-18(11)2/h5,7-8,14H,3-4,6H2,1-2H3. The largest absolute Gasteiger partial charge is 0.313 e. The van der Waals surface area contributed by atoms with Gasteiger partial charge in [0, 0.05) is 31.5 Å². The summed E-state index contributed by atoms with van der Waals surface area (Å²) in [5.41, 5.74) is 3.12. The van der Waals surface area contributed by atoms with E-state index >= 15 is 0 Å². The van der Waals surface area contributed by atoms with E-state index in [2.05, 4.69) is 49.5 Å². The molecular formula is C12H16BrN5. The molecule has 0 fully saturated rings. The van der Waals surface area contributed by atoms with Crippen LogP contribution in [0.4, 0.5) is 0 Å². The maximum atomic E-state index is 4.27. The lowest BCUT2D eigenvalue weighted by atomic mass is 10.1. The van der Waals surface area contributed by atoms with Crippen molar-refractivity contribution < 1.29 is 0 Å². The van der Waals surface area contributed by atoms with Crippen LogP contribution in [0.1, 0.15) is 18.9 Å². The minimum atomic E-state index is 0.741. The first-order valence-corrected chi connectivity index (χ1v) is 6.72. The van der Waals surface area contributed by atoms with E-state index in [9.17, 15) is 0 Å². The fourth-order valence-corrected chi connectivity index (χ4v) is 2.32. The Labute approximate surface area is 115 Å². The molecule has 0 bridgehead atoms. The number of nitrogens with one attached hydrogen (secondary N) is 1. The third-order valence-corrected chi connectivity index (χ3v) is 3.14. The van der Waals surface area contributed by atoms with E-state index in [-0.39, 0.29) is 0 Å². The molecular weight excluding hydrogens is 294 g/mol. The molecule has 0 unspecified atom stereocenters. The molecule has 18 heavy (non-hydrogen) atoms. The van der Waals surface area contributed by atoms with Gasteiger partial charge >= 0.3 is 0 Å². The summed E-state index contributed by atoms with van der Waals surface area (Å²) in [6, 6.07) is 2.11. The van der Waals surface area contributed by atoms with Gasteiger partial charge in [0.1, 0.15) is 5.69 Å². The van der Waals surface area contributed by atoms with Crippen LogP contribution in [0.3, 0.4) is 0 Å². The molecule has 0 aromatic carbocycles. The topological polar surface area (TPSA) is 55.6 Å². The van der Waals surface area contributed by atoms with Crippen molar-refractivity contribution in [2.24, 2.45) is 7.05 Å². The Morgan fingerprint density at radius 3 is 2.89 bits per heavy atom. The highest BCUT2D eigenvalue weighted by molar-refractivity contribution is 9.10. The van der Waals surface area contributed by atoms with Crippen LogP contribution in [-0.4, -0.2) is 26.5 Å². The average Bonchev–Trinajstić information content (AvgIpc) is 2.70. The maximum Gasteiger partial charge on any atom is 0.156 e. The lowest BCUT2D eigenvalue weighted by molar-refractivity contribution is 0.674. The minimum Gasteiger partial charge on any atom is -0.313 e. The molecule has 6 heteroatoms. The summed E-state index contributed by atoms with van der Waals surface area (Å²) in [7, 11) is 1.87. The van der Waals surface area contributed by atoms with E-state index < -0.39 is 0 Å². The summed E-state index contributed by atoms with van der Waals surface area (Å²) in [6.45, 7) is 4.00. The van der Waals surface area contributed by atoms with Crippen molar-refractivity contribution in [1.29, 1.82) is 0 Å². The fraction of sp³-hybridized carbons (Fsp3) is 0.417. The first kappa shape index (κ1) is 13.2. The molecule has 0 atom stereocenters. The molecule has 2 aromatic heterocycles. The van der Waals surface area contributed by atoms with Crippen molar-refractivity contribution in [3.05, 3.63) is 28.6 Å². The van der Waals surface area contributed by atoms with Gasteiger partial charge in [-0.2, -0.15) is 0 Å². The number of nitrogens with zero attached hydrogens (tertiary/aromatic N) is 4. The molecule has 5 nitrogen and oxygen atoms in total. The van der Waals surface area contributed by atoms with Crippen LogP contribution in [-0.2, 0) is 13.6 Å². The molecule has 0 saturated carbocycles. The molecule has 2 heterocycles. The summed E-state index contributed by atoms with van der Waals surface area (Å²) in [5, 5.41) is 11.3. The van der Waals surface area contributed by atoms with Crippen LogP contribution in [0.15, 0.2) is 23.1 Å². The smallest absolute Gasteiger partial charge is 0.156 e. The molecule has 1 N–H and O–H groups in total. The SMILES string of the molecule is CCCNCc1cncc(-c2c(Br)nnn2C)c1. The van der Waals surface area contributed by atoms with Gasteiger partial charge in [0.05, 0.1) is 0 Å². The highest BCUT2D eigenvalue weighted by Crippen LogP contribution is 2.25. The zero-order valence-electron chi connectivity index (χ0n) is 10.5. The van der Waals surface area contributed by atoms with Crippen LogP contribution >= 0.6 is 15.9 Å². The number of hydrogen-bond acceptors (Lipinski definition) is 4. The Bertz CT molecular complexity index is 503. The van der Waals surface area contributed by atoms with Crippen molar-refractivity contribution in [2.75, 3.05) is 6.54 Å². The second kappa shape index (κ2) is 6.06. The maximum absolute atomic E-state index is 4.27. The van der Waals surface area contributed by atoms with Gasteiger partial charge in [-0.15, -0.1) is 5.10 Å². The van der Waals surface area contributed by atoms with E-state index in [0.29, 0.717) is 0 Å². The number of hydrogen-bond donors (Lipinski definition) is 1. The highest BCUT2D eigenvalue weighted by Gasteiger charge is 2.11. The lowest BCUT2D eigenvalue weighted by Gasteiger charge is -2.06. The van der Waals surface area contributed by atoms with Gasteiger partial charge < -0.3 is 5.32 Å². The molecule has 0 saturated heterocycles. The van der Waals surface area contributed by atoms with Crippen LogP contribution in [0.2, 0.25) is 0 Å². The Kier molecular flexibility index (Phi) is 4.43. The van der Waals surface area contributed by atoms with Crippen molar-refractivity contribution in [2.45, 2.75) is 19.9 Å². The summed E-state index contributed by atoms with van der Waals surface area (Å²) in [4.78, 5) is 4.27. The molecule has 0 spiro atoms. The Morgan fingerprint density at radius 2 is 2.22 bits per heavy atom. The third-order valence-electron chi connectivity index (χ3n) is 2.61. The Hall–Kier alpha value is -1.27. The molecule has 96 valence electrons. The van der Waals surface area contributed by atoms with Crippen LogP contribution in [0.25, 0.3) is 11.3 Å². The van der Waals surface area contributed by atoms with Gasteiger partial charge in [-0.1, -0.05) is 12.1 Å². The fourth-order valence-electron chi connectivity index (χ4n) is 1.76. The van der Waals surface area contributed by atoms with Crippen LogP contribution < -0.4 is 5.32 Å². The minimum absolute atomic E-state index is 0.741. The Morgan fingerprint density at radius 1 is 1.39 bits per heavy atom. The van der Waals surface area contributed by atoms with Gasteiger partial charge in [-0.05, 0) is 40.5 Å². The molecule has 0 aliphatic heterocycles. The number of pyridine rings is 1. The normalized spacial score (nSPS) is 10.8. The zero-order chi connectivity index (χ0) is 13.0. The van der Waals surface area contributed by atoms with Gasteiger partial charge in [0.15, 0.2) is 4.60 Å². The second-order valence-corrected chi connectivity index (χ2v) is 4.86. The van der Waals surface area contributed by atoms with E-state index in [1.807, 2.05) is 19.4 Å². The number of halogens is 1. The van der Waals surface area contributed by atoms with Gasteiger partial charge in [-0.3, -0.25) is 4.98 Å². The summed E-state index contributed by atoms with van der Waals surface area (Å²) < 4.78 is 2.48. The molecule has 2 aromatic rings. The lowest BCUT2D eigenvalue weighted by Crippen LogP contribution is -2.13. The zero-order valence-corrected chi connectivity index (χ0v) is 12.1. The van der Waals surface area contributed by atoms with E-state index in [1.165, 1.54) is 0 Å². The highest BCUT2D eigenvalue weighted by atomic mass is 79.9. The van der Waals surface area contributed by atoms with E-state index in [4.69, 9.17) is 0 Å². The van der Waals surface area contributed by atoms with E-state index in [0.717, 1.165) is 40.9 Å². The first-order chi connectivity index (χ1) is 8.72. The number of rotatable bonds is 5. The number of aryl methyl sites for hydroxylation is 1. The van der Waals surface area contributed by atoms with Crippen molar-refractivity contribution >= 4 is 15.9 Å².